The fraction of sp³-hybridized carbons (Fsp3) is 0.174. The van der Waals surface area contributed by atoms with Gasteiger partial charge in [0.1, 0.15) is 5.65 Å². The van der Waals surface area contributed by atoms with Crippen LogP contribution in [0.5, 0.6) is 0 Å². The van der Waals surface area contributed by atoms with Crippen molar-refractivity contribution in [3.8, 4) is 0 Å². The molecule has 2 aromatic heterocycles. The van der Waals surface area contributed by atoms with Gasteiger partial charge in [0, 0.05) is 6.20 Å². The van der Waals surface area contributed by atoms with E-state index >= 15 is 0 Å². The monoisotopic (exact) mass is 425 g/mol. The van der Waals surface area contributed by atoms with Crippen molar-refractivity contribution in [2.45, 2.75) is 26.2 Å². The number of alkyl halides is 3. The Morgan fingerprint density at radius 2 is 1.58 bits per heavy atom. The minimum Gasteiger partial charge on any atom is -0.273 e. The molecule has 4 rings (SSSR count). The minimum atomic E-state index is -4.49. The summed E-state index contributed by atoms with van der Waals surface area (Å²) in [4.78, 5) is 30.4. The van der Waals surface area contributed by atoms with E-state index < -0.39 is 23.0 Å². The van der Waals surface area contributed by atoms with Crippen LogP contribution in [0.25, 0.3) is 11.0 Å². The highest BCUT2D eigenvalue weighted by Crippen LogP contribution is 2.29. The van der Waals surface area contributed by atoms with Crippen molar-refractivity contribution in [3.05, 3.63) is 110 Å². The lowest BCUT2D eigenvalue weighted by Crippen LogP contribution is -2.40. The molecule has 2 aromatic carbocycles. The minimum absolute atomic E-state index is 0.0470. The van der Waals surface area contributed by atoms with Crippen molar-refractivity contribution < 1.29 is 13.2 Å². The second kappa shape index (κ2) is 7.86. The van der Waals surface area contributed by atoms with E-state index in [9.17, 15) is 22.8 Å². The van der Waals surface area contributed by atoms with Gasteiger partial charge in [-0.2, -0.15) is 13.2 Å². The van der Waals surface area contributed by atoms with E-state index in [1.165, 1.54) is 22.9 Å². The van der Waals surface area contributed by atoms with Crippen LogP contribution in [0.15, 0.2) is 76.4 Å². The van der Waals surface area contributed by atoms with Gasteiger partial charge in [-0.25, -0.2) is 9.78 Å². The van der Waals surface area contributed by atoms with Crippen molar-refractivity contribution in [1.29, 1.82) is 0 Å². The molecule has 0 radical (unpaired) electrons. The van der Waals surface area contributed by atoms with E-state index in [0.29, 0.717) is 0 Å². The summed E-state index contributed by atoms with van der Waals surface area (Å²) in [6.45, 7) is 1.83. The zero-order valence-electron chi connectivity index (χ0n) is 16.6. The number of aryl methyl sites for hydroxylation is 1. The van der Waals surface area contributed by atoms with Crippen LogP contribution in [-0.2, 0) is 19.3 Å². The highest BCUT2D eigenvalue weighted by atomic mass is 19.4. The molecule has 0 aliphatic heterocycles. The normalized spacial score (nSPS) is 11.7. The predicted octanol–water partition coefficient (Wildman–Crippen LogP) is 3.98. The van der Waals surface area contributed by atoms with E-state index in [1.54, 1.807) is 12.1 Å². The molecule has 0 bridgehead atoms. The zero-order chi connectivity index (χ0) is 22.2. The van der Waals surface area contributed by atoms with Gasteiger partial charge < -0.3 is 0 Å². The van der Waals surface area contributed by atoms with Crippen molar-refractivity contribution in [3.63, 3.8) is 0 Å². The van der Waals surface area contributed by atoms with Crippen LogP contribution in [-0.4, -0.2) is 14.1 Å². The molecule has 0 fully saturated rings. The zero-order valence-corrected chi connectivity index (χ0v) is 16.6. The molecular weight excluding hydrogens is 407 g/mol. The lowest BCUT2D eigenvalue weighted by atomic mass is 10.1. The Morgan fingerprint density at radius 3 is 2.29 bits per heavy atom. The largest absolute Gasteiger partial charge is 0.416 e. The van der Waals surface area contributed by atoms with Gasteiger partial charge in [-0.3, -0.25) is 13.9 Å². The average molecular weight is 425 g/mol. The fourth-order valence-electron chi connectivity index (χ4n) is 3.43. The van der Waals surface area contributed by atoms with E-state index in [2.05, 4.69) is 4.98 Å². The third kappa shape index (κ3) is 4.14. The van der Waals surface area contributed by atoms with Gasteiger partial charge >= 0.3 is 11.9 Å². The molecule has 0 saturated heterocycles. The molecule has 0 aliphatic carbocycles. The average Bonchev–Trinajstić information content (AvgIpc) is 2.75. The van der Waals surface area contributed by atoms with Crippen LogP contribution in [0.1, 0.15) is 22.3 Å². The molecule has 0 atom stereocenters. The summed E-state index contributed by atoms with van der Waals surface area (Å²) in [6.07, 6.45) is -3.06. The second-order valence-electron chi connectivity index (χ2n) is 7.32. The molecule has 158 valence electrons. The summed E-state index contributed by atoms with van der Waals surface area (Å²) >= 11 is 0. The predicted molar refractivity (Wildman–Crippen MR) is 111 cm³/mol. The van der Waals surface area contributed by atoms with Gasteiger partial charge in [-0.05, 0) is 42.3 Å². The molecule has 0 unspecified atom stereocenters. The molecule has 0 spiro atoms. The topological polar surface area (TPSA) is 56.9 Å². The Balaban J connectivity index is 1.86. The highest BCUT2D eigenvalue weighted by molar-refractivity contribution is 5.73. The molecule has 0 N–H and O–H groups in total. The van der Waals surface area contributed by atoms with Crippen molar-refractivity contribution in [2.24, 2.45) is 0 Å². The number of benzene rings is 2. The molecule has 31 heavy (non-hydrogen) atoms. The van der Waals surface area contributed by atoms with Gasteiger partial charge in [-0.1, -0.05) is 42.0 Å². The Morgan fingerprint density at radius 1 is 0.871 bits per heavy atom. The number of aromatic nitrogens is 3. The van der Waals surface area contributed by atoms with Crippen LogP contribution in [0, 0.1) is 6.92 Å². The Labute approximate surface area is 175 Å². The summed E-state index contributed by atoms with van der Waals surface area (Å²) in [5.74, 6) is 0. The summed E-state index contributed by atoms with van der Waals surface area (Å²) in [5, 5.41) is 0.223. The molecule has 0 amide bonds. The van der Waals surface area contributed by atoms with Crippen molar-refractivity contribution in [2.75, 3.05) is 0 Å². The summed E-state index contributed by atoms with van der Waals surface area (Å²) < 4.78 is 41.6. The van der Waals surface area contributed by atoms with Crippen LogP contribution >= 0.6 is 0 Å². The summed E-state index contributed by atoms with van der Waals surface area (Å²) in [7, 11) is 0. The highest BCUT2D eigenvalue weighted by Gasteiger charge is 2.30. The van der Waals surface area contributed by atoms with Gasteiger partial charge in [0.05, 0.1) is 24.0 Å². The number of halogens is 3. The molecule has 0 saturated carbocycles. The first kappa shape index (κ1) is 20.6. The maximum absolute atomic E-state index is 13.2. The van der Waals surface area contributed by atoms with Crippen LogP contribution in [0.3, 0.4) is 0 Å². The lowest BCUT2D eigenvalue weighted by molar-refractivity contribution is -0.137. The Bertz CT molecular complexity index is 1370. The van der Waals surface area contributed by atoms with Gasteiger partial charge in [0.2, 0.25) is 0 Å². The van der Waals surface area contributed by atoms with Gasteiger partial charge in [-0.15, -0.1) is 0 Å². The number of hydrogen-bond acceptors (Lipinski definition) is 3. The first-order valence-corrected chi connectivity index (χ1v) is 9.54. The second-order valence-corrected chi connectivity index (χ2v) is 7.32. The van der Waals surface area contributed by atoms with Crippen molar-refractivity contribution in [1.82, 2.24) is 14.1 Å². The Kier molecular flexibility index (Phi) is 5.22. The van der Waals surface area contributed by atoms with E-state index in [0.717, 1.165) is 27.8 Å². The summed E-state index contributed by atoms with van der Waals surface area (Å²) in [6, 6.07) is 15.3. The smallest absolute Gasteiger partial charge is 0.273 e. The maximum atomic E-state index is 13.2. The molecule has 4 aromatic rings. The van der Waals surface area contributed by atoms with Crippen molar-refractivity contribution >= 4 is 11.0 Å². The number of rotatable bonds is 4. The lowest BCUT2D eigenvalue weighted by Gasteiger charge is -2.14. The SMILES string of the molecule is Cc1ccc(Cn2c(=O)c3cccnc3n(Cc3cccc(C(F)(F)F)c3)c2=O)cc1. The number of nitrogens with zero attached hydrogens (tertiary/aromatic N) is 3. The van der Waals surface area contributed by atoms with Crippen LogP contribution in [0.4, 0.5) is 13.2 Å². The molecule has 0 aliphatic rings. The summed E-state index contributed by atoms with van der Waals surface area (Å²) in [5.41, 5.74) is 0.297. The number of fused-ring (bicyclic) bond motifs is 1. The van der Waals surface area contributed by atoms with E-state index in [-0.39, 0.29) is 29.7 Å². The van der Waals surface area contributed by atoms with E-state index in [4.69, 9.17) is 0 Å². The first-order valence-electron chi connectivity index (χ1n) is 9.54. The molecule has 8 heteroatoms. The standard InChI is InChI=1S/C23H18F3N3O2/c1-15-7-9-16(10-8-15)13-29-21(30)19-6-3-11-27-20(19)28(22(29)31)14-17-4-2-5-18(12-17)23(24,25)26/h2-12H,13-14H2,1H3. The number of hydrogen-bond donors (Lipinski definition) is 0. The first-order chi connectivity index (χ1) is 14.7. The fourth-order valence-corrected chi connectivity index (χ4v) is 3.43. The molecular formula is C23H18F3N3O2. The van der Waals surface area contributed by atoms with Crippen LogP contribution < -0.4 is 11.2 Å². The third-order valence-corrected chi connectivity index (χ3v) is 5.04. The van der Waals surface area contributed by atoms with Gasteiger partial charge in [0.25, 0.3) is 5.56 Å². The third-order valence-electron chi connectivity index (χ3n) is 5.04. The maximum Gasteiger partial charge on any atom is 0.416 e. The Hall–Kier alpha value is -3.68. The van der Waals surface area contributed by atoms with E-state index in [1.807, 2.05) is 31.2 Å². The molecule has 2 heterocycles. The quantitative estimate of drug-likeness (QED) is 0.497. The molecule has 5 nitrogen and oxygen atoms in total. The van der Waals surface area contributed by atoms with Gasteiger partial charge in [0.15, 0.2) is 0 Å². The van der Waals surface area contributed by atoms with Crippen LogP contribution in [0.2, 0.25) is 0 Å². The number of pyridine rings is 1.